The number of carbonyl (C=O) groups is 2. The molecule has 0 aliphatic rings. The van der Waals surface area contributed by atoms with Crippen LogP contribution in [0.4, 0.5) is 10.1 Å². The fourth-order valence-electron chi connectivity index (χ4n) is 2.20. The first-order valence-corrected chi connectivity index (χ1v) is 7.43. The predicted octanol–water partition coefficient (Wildman–Crippen LogP) is 2.78. The highest BCUT2D eigenvalue weighted by molar-refractivity contribution is 5.96. The SMILES string of the molecule is CC(c1ccccc1)N(C)C(=O)COC(=O)c1ccc(F)cc1N. The van der Waals surface area contributed by atoms with Crippen LogP contribution >= 0.6 is 0 Å². The Kier molecular flexibility index (Phi) is 5.52. The Morgan fingerprint density at radius 3 is 2.50 bits per heavy atom. The minimum atomic E-state index is -0.762. The van der Waals surface area contributed by atoms with Crippen molar-refractivity contribution in [1.82, 2.24) is 4.90 Å². The largest absolute Gasteiger partial charge is 0.452 e. The topological polar surface area (TPSA) is 72.6 Å². The van der Waals surface area contributed by atoms with Gasteiger partial charge in [0.1, 0.15) is 5.82 Å². The highest BCUT2D eigenvalue weighted by atomic mass is 19.1. The van der Waals surface area contributed by atoms with E-state index in [-0.39, 0.29) is 23.2 Å². The summed E-state index contributed by atoms with van der Waals surface area (Å²) in [5, 5.41) is 0. The molecule has 0 saturated heterocycles. The number of rotatable bonds is 5. The molecule has 0 heterocycles. The Hall–Kier alpha value is -2.89. The number of amides is 1. The molecule has 0 bridgehead atoms. The van der Waals surface area contributed by atoms with Crippen molar-refractivity contribution in [2.24, 2.45) is 0 Å². The maximum atomic E-state index is 13.0. The summed E-state index contributed by atoms with van der Waals surface area (Å²) in [6.45, 7) is 1.47. The van der Waals surface area contributed by atoms with Gasteiger partial charge >= 0.3 is 5.97 Å². The van der Waals surface area contributed by atoms with Crippen LogP contribution in [0.1, 0.15) is 28.9 Å². The van der Waals surface area contributed by atoms with Crippen molar-refractivity contribution in [3.05, 3.63) is 65.5 Å². The number of esters is 1. The third-order valence-corrected chi connectivity index (χ3v) is 3.82. The molecule has 1 atom stereocenters. The Bertz CT molecular complexity index is 734. The van der Waals surface area contributed by atoms with Crippen molar-refractivity contribution < 1.29 is 18.7 Å². The lowest BCUT2D eigenvalue weighted by Crippen LogP contribution is -2.33. The second-order valence-corrected chi connectivity index (χ2v) is 5.40. The lowest BCUT2D eigenvalue weighted by molar-refractivity contribution is -0.135. The lowest BCUT2D eigenvalue weighted by atomic mass is 10.1. The molecule has 1 amide bonds. The summed E-state index contributed by atoms with van der Waals surface area (Å²) in [7, 11) is 1.64. The summed E-state index contributed by atoms with van der Waals surface area (Å²) in [6.07, 6.45) is 0. The second kappa shape index (κ2) is 7.59. The van der Waals surface area contributed by atoms with E-state index in [0.29, 0.717) is 0 Å². The van der Waals surface area contributed by atoms with Gasteiger partial charge in [-0.2, -0.15) is 0 Å². The van der Waals surface area contributed by atoms with Crippen LogP contribution in [-0.2, 0) is 9.53 Å². The number of nitrogen functional groups attached to an aromatic ring is 1. The molecule has 0 aromatic heterocycles. The number of hydrogen-bond donors (Lipinski definition) is 1. The summed E-state index contributed by atoms with van der Waals surface area (Å²) in [5.41, 5.74) is 6.55. The molecule has 2 aromatic carbocycles. The maximum absolute atomic E-state index is 13.0. The fraction of sp³-hybridized carbons (Fsp3) is 0.222. The number of likely N-dealkylation sites (N-methyl/N-ethyl adjacent to an activating group) is 1. The van der Waals surface area contributed by atoms with Gasteiger partial charge in [-0.05, 0) is 30.7 Å². The van der Waals surface area contributed by atoms with E-state index in [1.54, 1.807) is 7.05 Å². The normalized spacial score (nSPS) is 11.6. The van der Waals surface area contributed by atoms with Crippen LogP contribution in [0, 0.1) is 5.82 Å². The molecule has 24 heavy (non-hydrogen) atoms. The monoisotopic (exact) mass is 330 g/mol. The number of halogens is 1. The van der Waals surface area contributed by atoms with E-state index < -0.39 is 18.4 Å². The van der Waals surface area contributed by atoms with Crippen LogP contribution in [0.3, 0.4) is 0 Å². The van der Waals surface area contributed by atoms with Crippen molar-refractivity contribution in [3.63, 3.8) is 0 Å². The molecule has 0 fully saturated rings. The van der Waals surface area contributed by atoms with Crippen molar-refractivity contribution in [2.75, 3.05) is 19.4 Å². The molecular weight excluding hydrogens is 311 g/mol. The molecule has 6 heteroatoms. The maximum Gasteiger partial charge on any atom is 0.340 e. The number of benzene rings is 2. The standard InChI is InChI=1S/C18H19FN2O3/c1-12(13-6-4-3-5-7-13)21(2)17(22)11-24-18(23)15-9-8-14(19)10-16(15)20/h3-10,12H,11,20H2,1-2H3. The van der Waals surface area contributed by atoms with Crippen molar-refractivity contribution >= 4 is 17.6 Å². The number of ether oxygens (including phenoxy) is 1. The van der Waals surface area contributed by atoms with Crippen LogP contribution in [0.5, 0.6) is 0 Å². The van der Waals surface area contributed by atoms with Gasteiger partial charge in [-0.1, -0.05) is 30.3 Å². The van der Waals surface area contributed by atoms with Gasteiger partial charge in [-0.25, -0.2) is 9.18 Å². The Labute approximate surface area is 139 Å². The fourth-order valence-corrected chi connectivity index (χ4v) is 2.20. The van der Waals surface area contributed by atoms with Crippen LogP contribution in [-0.4, -0.2) is 30.4 Å². The molecule has 0 spiro atoms. The van der Waals surface area contributed by atoms with E-state index in [0.717, 1.165) is 17.7 Å². The van der Waals surface area contributed by atoms with Crippen LogP contribution in [0.25, 0.3) is 0 Å². The predicted molar refractivity (Wildman–Crippen MR) is 88.7 cm³/mol. The molecule has 0 saturated carbocycles. The number of carbonyl (C=O) groups excluding carboxylic acids is 2. The number of hydrogen-bond acceptors (Lipinski definition) is 4. The van der Waals surface area contributed by atoms with Gasteiger partial charge in [-0.15, -0.1) is 0 Å². The summed E-state index contributed by atoms with van der Waals surface area (Å²) < 4.78 is 18.0. The average Bonchev–Trinajstić information content (AvgIpc) is 2.58. The molecule has 126 valence electrons. The number of nitrogens with zero attached hydrogens (tertiary/aromatic N) is 1. The van der Waals surface area contributed by atoms with E-state index in [4.69, 9.17) is 10.5 Å². The van der Waals surface area contributed by atoms with Crippen LogP contribution < -0.4 is 5.73 Å². The van der Waals surface area contributed by atoms with Gasteiger partial charge in [0, 0.05) is 12.7 Å². The summed E-state index contributed by atoms with van der Waals surface area (Å²) in [6, 6.07) is 12.7. The second-order valence-electron chi connectivity index (χ2n) is 5.40. The van der Waals surface area contributed by atoms with Gasteiger partial charge in [0.05, 0.1) is 11.6 Å². The first kappa shape index (κ1) is 17.5. The minimum absolute atomic E-state index is 0.0292. The van der Waals surface area contributed by atoms with E-state index in [9.17, 15) is 14.0 Å². The van der Waals surface area contributed by atoms with Crippen molar-refractivity contribution in [2.45, 2.75) is 13.0 Å². The highest BCUT2D eigenvalue weighted by Gasteiger charge is 2.20. The molecule has 1 unspecified atom stereocenters. The molecule has 5 nitrogen and oxygen atoms in total. The van der Waals surface area contributed by atoms with Crippen molar-refractivity contribution in [1.29, 1.82) is 0 Å². The van der Waals surface area contributed by atoms with Crippen molar-refractivity contribution in [3.8, 4) is 0 Å². The third kappa shape index (κ3) is 4.10. The molecule has 0 aliphatic carbocycles. The summed E-state index contributed by atoms with van der Waals surface area (Å²) in [5.74, 6) is -1.65. The van der Waals surface area contributed by atoms with Crippen LogP contribution in [0.15, 0.2) is 48.5 Å². The van der Waals surface area contributed by atoms with Gasteiger partial charge in [0.15, 0.2) is 6.61 Å². The Morgan fingerprint density at radius 1 is 1.21 bits per heavy atom. The zero-order valence-corrected chi connectivity index (χ0v) is 13.5. The molecule has 2 aromatic rings. The summed E-state index contributed by atoms with van der Waals surface area (Å²) >= 11 is 0. The number of anilines is 1. The van der Waals surface area contributed by atoms with E-state index in [1.807, 2.05) is 37.3 Å². The minimum Gasteiger partial charge on any atom is -0.452 e. The molecule has 0 aliphatic heterocycles. The average molecular weight is 330 g/mol. The first-order valence-electron chi connectivity index (χ1n) is 7.43. The molecular formula is C18H19FN2O3. The lowest BCUT2D eigenvalue weighted by Gasteiger charge is -2.25. The van der Waals surface area contributed by atoms with Gasteiger partial charge in [-0.3, -0.25) is 4.79 Å². The summed E-state index contributed by atoms with van der Waals surface area (Å²) in [4.78, 5) is 25.6. The quantitative estimate of drug-likeness (QED) is 0.676. The first-order chi connectivity index (χ1) is 11.4. The Balaban J connectivity index is 1.96. The van der Waals surface area contributed by atoms with Crippen LogP contribution in [0.2, 0.25) is 0 Å². The highest BCUT2D eigenvalue weighted by Crippen LogP contribution is 2.19. The number of nitrogens with two attached hydrogens (primary N) is 1. The van der Waals surface area contributed by atoms with E-state index in [1.165, 1.54) is 11.0 Å². The van der Waals surface area contributed by atoms with E-state index in [2.05, 4.69) is 0 Å². The zero-order valence-electron chi connectivity index (χ0n) is 13.5. The van der Waals surface area contributed by atoms with Gasteiger partial charge in [0.25, 0.3) is 5.91 Å². The molecule has 0 radical (unpaired) electrons. The Morgan fingerprint density at radius 2 is 1.88 bits per heavy atom. The molecule has 2 rings (SSSR count). The smallest absolute Gasteiger partial charge is 0.340 e. The third-order valence-electron chi connectivity index (χ3n) is 3.82. The zero-order chi connectivity index (χ0) is 17.7. The van der Waals surface area contributed by atoms with Gasteiger partial charge < -0.3 is 15.4 Å². The molecule has 2 N–H and O–H groups in total. The van der Waals surface area contributed by atoms with E-state index >= 15 is 0 Å². The van der Waals surface area contributed by atoms with Gasteiger partial charge in [0.2, 0.25) is 0 Å².